The first kappa shape index (κ1) is 25.9. The second-order valence-electron chi connectivity index (χ2n) is 3.39. The number of nitrogens with zero attached hydrogens (tertiary/aromatic N) is 2. The molecule has 2 rings (SSSR count). The molecule has 4 nitrogen and oxygen atoms in total. The summed E-state index contributed by atoms with van der Waals surface area (Å²) in [5, 5.41) is 0. The predicted octanol–water partition coefficient (Wildman–Crippen LogP) is 5.17. The van der Waals surface area contributed by atoms with E-state index in [1.54, 1.807) is 12.4 Å². The van der Waals surface area contributed by atoms with Crippen molar-refractivity contribution in [1.29, 1.82) is 0 Å². The van der Waals surface area contributed by atoms with Crippen molar-refractivity contribution in [2.75, 3.05) is 0 Å². The monoisotopic (exact) mass is 532 g/mol. The van der Waals surface area contributed by atoms with Crippen LogP contribution in [-0.4, -0.2) is 20.9 Å². The normalized spacial score (nSPS) is 12.6. The summed E-state index contributed by atoms with van der Waals surface area (Å²) in [6.45, 7) is 0. The number of hydrogen-bond acceptors (Lipinski definition) is 4. The van der Waals surface area contributed by atoms with E-state index >= 15 is 0 Å². The zero-order valence-electron chi connectivity index (χ0n) is 10.4. The van der Waals surface area contributed by atoms with Gasteiger partial charge in [-0.15, -0.1) is 0 Å². The van der Waals surface area contributed by atoms with Gasteiger partial charge in [0, 0.05) is 12.4 Å². The van der Waals surface area contributed by atoms with Crippen molar-refractivity contribution in [2.24, 2.45) is 0 Å². The average molecular weight is 532 g/mol. The van der Waals surface area contributed by atoms with Gasteiger partial charge in [-0.05, 0) is 24.3 Å². The van der Waals surface area contributed by atoms with Crippen LogP contribution in [0.2, 0.25) is 0 Å². The Morgan fingerprint density at radius 2 is 0.909 bits per heavy atom. The van der Waals surface area contributed by atoms with E-state index < -0.39 is 7.81 Å². The van der Waals surface area contributed by atoms with E-state index in [0.717, 1.165) is 11.4 Å². The fraction of sp³-hybridized carbons (Fsp3) is 0. The van der Waals surface area contributed by atoms with Gasteiger partial charge in [0.25, 0.3) is 0 Å². The number of rotatable bonds is 1. The number of halogens is 6. The molecule has 0 spiro atoms. The standard InChI is InChI=1S/C10H8N2.Au.F6P.2H2O/c1-3-7-11-9(5-1)10-6-2-4-8-12-10;;1-7(2,3,4,5)6;;/h1-8H;;;2*1H2/q;+3;-1;;/p-2. The van der Waals surface area contributed by atoms with Crippen LogP contribution in [0.3, 0.4) is 0 Å². The van der Waals surface area contributed by atoms with Crippen LogP contribution in [0.15, 0.2) is 48.8 Å². The molecule has 0 atom stereocenters. The summed E-state index contributed by atoms with van der Waals surface area (Å²) in [6, 6.07) is 11.6. The molecule has 0 aromatic carbocycles. The van der Waals surface area contributed by atoms with Gasteiger partial charge in [0.15, 0.2) is 0 Å². The Morgan fingerprint density at radius 1 is 0.636 bits per heavy atom. The summed E-state index contributed by atoms with van der Waals surface area (Å²) in [6.07, 6.45) is 3.54. The van der Waals surface area contributed by atoms with E-state index in [2.05, 4.69) is 9.97 Å². The van der Waals surface area contributed by atoms with Crippen molar-refractivity contribution in [3.8, 4) is 11.4 Å². The minimum Gasteiger partial charge on any atom is -0.870 e. The second kappa shape index (κ2) is 8.00. The van der Waals surface area contributed by atoms with Gasteiger partial charge in [0.2, 0.25) is 0 Å². The zero-order valence-corrected chi connectivity index (χ0v) is 13.5. The maximum Gasteiger partial charge on any atom is 3.00 e. The quantitative estimate of drug-likeness (QED) is 0.288. The van der Waals surface area contributed by atoms with Gasteiger partial charge < -0.3 is 11.0 Å². The Labute approximate surface area is 137 Å². The Balaban J connectivity index is -0.000000323. The summed E-state index contributed by atoms with van der Waals surface area (Å²) >= 11 is 0. The van der Waals surface area contributed by atoms with Crippen LogP contribution in [-0.2, 0) is 22.4 Å². The van der Waals surface area contributed by atoms with Crippen LogP contribution in [0.1, 0.15) is 0 Å². The molecule has 2 heterocycles. The maximum atomic E-state index is 9.87. The van der Waals surface area contributed by atoms with Gasteiger partial charge >= 0.3 is 55.4 Å². The van der Waals surface area contributed by atoms with Crippen LogP contribution in [0.5, 0.6) is 0 Å². The van der Waals surface area contributed by atoms with Gasteiger partial charge in [-0.3, -0.25) is 9.97 Å². The molecule has 2 N–H and O–H groups in total. The van der Waals surface area contributed by atoms with Gasteiger partial charge in [-0.25, -0.2) is 0 Å². The van der Waals surface area contributed by atoms with Crippen molar-refractivity contribution in [2.45, 2.75) is 0 Å². The van der Waals surface area contributed by atoms with Crippen LogP contribution in [0.25, 0.3) is 11.4 Å². The smallest absolute Gasteiger partial charge is 0.870 e. The number of hydrogen-bond donors (Lipinski definition) is 0. The molecule has 0 amide bonds. The van der Waals surface area contributed by atoms with Gasteiger partial charge in [0.1, 0.15) is 0 Å². The van der Waals surface area contributed by atoms with E-state index in [4.69, 9.17) is 0 Å². The van der Waals surface area contributed by atoms with Gasteiger partial charge in [-0.2, -0.15) is 0 Å². The molecular weight excluding hydrogens is 522 g/mol. The molecule has 22 heavy (non-hydrogen) atoms. The Kier molecular flexibility index (Phi) is 9.42. The largest absolute Gasteiger partial charge is 3.00 e. The Morgan fingerprint density at radius 3 is 1.09 bits per heavy atom. The molecule has 130 valence electrons. The molecule has 0 unspecified atom stereocenters. The molecule has 0 aliphatic heterocycles. The van der Waals surface area contributed by atoms with E-state index in [1.807, 2.05) is 36.4 Å². The van der Waals surface area contributed by atoms with Crippen molar-refractivity contribution >= 4 is 7.81 Å². The maximum absolute atomic E-state index is 10.7. The molecule has 2 aromatic rings. The fourth-order valence-electron chi connectivity index (χ4n) is 1.03. The first-order valence-electron chi connectivity index (χ1n) is 4.81. The molecule has 2 aromatic heterocycles. The third-order valence-electron chi connectivity index (χ3n) is 1.59. The topological polar surface area (TPSA) is 85.8 Å². The molecular formula is C10H10AuF6N2O2P. The van der Waals surface area contributed by atoms with Crippen molar-refractivity contribution in [3.05, 3.63) is 48.8 Å². The number of pyridine rings is 2. The summed E-state index contributed by atoms with van der Waals surface area (Å²) in [5.41, 5.74) is 1.83. The molecule has 0 bridgehead atoms. The first-order valence-corrected chi connectivity index (χ1v) is 6.83. The van der Waals surface area contributed by atoms with E-state index in [0.29, 0.717) is 0 Å². The van der Waals surface area contributed by atoms with E-state index in [-0.39, 0.29) is 33.3 Å². The predicted molar refractivity (Wildman–Crippen MR) is 64.9 cm³/mol. The first-order chi connectivity index (χ1) is 8.42. The Bertz CT molecular complexity index is 492. The SMILES string of the molecule is F[P-](F)(F)(F)(F)F.[Au+3].[OH-].[OH-].c1ccc(-c2ccccn2)nc1. The molecule has 0 saturated carbocycles. The molecule has 12 heteroatoms. The van der Waals surface area contributed by atoms with Crippen LogP contribution < -0.4 is 0 Å². The van der Waals surface area contributed by atoms with Crippen molar-refractivity contribution < 1.29 is 58.5 Å². The van der Waals surface area contributed by atoms with E-state index in [9.17, 15) is 25.2 Å². The summed E-state index contributed by atoms with van der Waals surface area (Å²) in [4.78, 5) is 8.37. The van der Waals surface area contributed by atoms with Crippen LogP contribution in [0.4, 0.5) is 25.2 Å². The van der Waals surface area contributed by atoms with Gasteiger partial charge in [0.05, 0.1) is 11.4 Å². The summed E-state index contributed by atoms with van der Waals surface area (Å²) < 4.78 is 59.2. The molecule has 0 saturated heterocycles. The van der Waals surface area contributed by atoms with Crippen molar-refractivity contribution in [3.63, 3.8) is 0 Å². The third kappa shape index (κ3) is 17.0. The van der Waals surface area contributed by atoms with Crippen molar-refractivity contribution in [1.82, 2.24) is 9.97 Å². The third-order valence-corrected chi connectivity index (χ3v) is 1.59. The van der Waals surface area contributed by atoms with Gasteiger partial charge in [-0.1, -0.05) is 12.1 Å². The van der Waals surface area contributed by atoms with Crippen LogP contribution in [0, 0.1) is 0 Å². The Hall–Kier alpha value is -1.03. The minimum absolute atomic E-state index is 0. The molecule has 0 fully saturated rings. The second-order valence-corrected chi connectivity index (χ2v) is 5.30. The summed E-state index contributed by atoms with van der Waals surface area (Å²) in [7, 11) is -10.7. The molecule has 0 aliphatic carbocycles. The van der Waals surface area contributed by atoms with E-state index in [1.165, 1.54) is 0 Å². The van der Waals surface area contributed by atoms with Crippen LogP contribution >= 0.6 is 7.81 Å². The zero-order chi connectivity index (χ0) is 14.6. The minimum atomic E-state index is -10.7. The number of aromatic nitrogens is 2. The average Bonchev–Trinajstić information content (AvgIpc) is 2.27. The summed E-state index contributed by atoms with van der Waals surface area (Å²) in [5.74, 6) is 0. The molecule has 0 aliphatic rings. The molecule has 0 radical (unpaired) electrons. The fourth-order valence-corrected chi connectivity index (χ4v) is 1.03.